The molecule has 0 aromatic heterocycles. The van der Waals surface area contributed by atoms with E-state index >= 15 is 0 Å². The van der Waals surface area contributed by atoms with Crippen molar-refractivity contribution in [1.82, 2.24) is 5.32 Å². The van der Waals surface area contributed by atoms with Crippen LogP contribution in [0.1, 0.15) is 24.8 Å². The molecular formula is C12H15ClFN. The summed E-state index contributed by atoms with van der Waals surface area (Å²) in [5, 5.41) is 3.55. The zero-order valence-corrected chi connectivity index (χ0v) is 9.52. The summed E-state index contributed by atoms with van der Waals surface area (Å²) in [6, 6.07) is 5.17. The highest BCUT2D eigenvalue weighted by molar-refractivity contribution is 6.30. The summed E-state index contributed by atoms with van der Waals surface area (Å²) in [4.78, 5) is 0. The smallest absolute Gasteiger partial charge is 0.142 e. The highest BCUT2D eigenvalue weighted by Gasteiger charge is 2.23. The number of rotatable bonds is 1. The van der Waals surface area contributed by atoms with Crippen LogP contribution in [0, 0.1) is 11.7 Å². The van der Waals surface area contributed by atoms with Crippen molar-refractivity contribution >= 4 is 11.6 Å². The predicted molar refractivity (Wildman–Crippen MR) is 60.8 cm³/mol. The van der Waals surface area contributed by atoms with E-state index in [1.54, 1.807) is 12.1 Å². The molecule has 0 bridgehead atoms. The van der Waals surface area contributed by atoms with E-state index in [2.05, 4.69) is 12.2 Å². The van der Waals surface area contributed by atoms with Crippen LogP contribution in [0.5, 0.6) is 0 Å². The molecule has 1 aromatic rings. The molecule has 3 heteroatoms. The fourth-order valence-electron chi connectivity index (χ4n) is 2.25. The Morgan fingerprint density at radius 1 is 1.47 bits per heavy atom. The van der Waals surface area contributed by atoms with Crippen molar-refractivity contribution in [3.8, 4) is 0 Å². The Bertz CT molecular complexity index is 353. The standard InChI is InChI=1S/C12H15ClFN/c1-8-7-15-5-4-10(8)9-2-3-11(13)12(14)6-9/h2-3,6,8,10,15H,4-5,7H2,1H3. The fraction of sp³-hybridized carbons (Fsp3) is 0.500. The lowest BCUT2D eigenvalue weighted by molar-refractivity contribution is 0.349. The average molecular weight is 228 g/mol. The lowest BCUT2D eigenvalue weighted by Crippen LogP contribution is -2.33. The third-order valence-corrected chi connectivity index (χ3v) is 3.46. The molecule has 1 heterocycles. The molecule has 1 saturated heterocycles. The number of piperidine rings is 1. The highest BCUT2D eigenvalue weighted by atomic mass is 35.5. The normalized spacial score (nSPS) is 26.6. The summed E-state index contributed by atoms with van der Waals surface area (Å²) in [6.07, 6.45) is 1.07. The van der Waals surface area contributed by atoms with Gasteiger partial charge in [-0.2, -0.15) is 0 Å². The Hall–Kier alpha value is -0.600. The molecule has 1 fully saturated rings. The molecule has 2 atom stereocenters. The first-order valence-corrected chi connectivity index (χ1v) is 5.72. The number of hydrogen-bond acceptors (Lipinski definition) is 1. The van der Waals surface area contributed by atoms with Crippen LogP contribution in [0.15, 0.2) is 18.2 Å². The van der Waals surface area contributed by atoms with E-state index < -0.39 is 0 Å². The van der Waals surface area contributed by atoms with Crippen LogP contribution in [0.4, 0.5) is 4.39 Å². The third kappa shape index (κ3) is 2.32. The minimum atomic E-state index is -0.306. The number of nitrogens with one attached hydrogen (secondary N) is 1. The third-order valence-electron chi connectivity index (χ3n) is 3.16. The van der Waals surface area contributed by atoms with Crippen molar-refractivity contribution in [2.75, 3.05) is 13.1 Å². The fourth-order valence-corrected chi connectivity index (χ4v) is 2.37. The van der Waals surface area contributed by atoms with Crippen molar-refractivity contribution < 1.29 is 4.39 Å². The second-order valence-corrected chi connectivity index (χ2v) is 4.66. The monoisotopic (exact) mass is 227 g/mol. The van der Waals surface area contributed by atoms with E-state index in [1.807, 2.05) is 6.07 Å². The van der Waals surface area contributed by atoms with Crippen LogP contribution in [-0.2, 0) is 0 Å². The zero-order valence-electron chi connectivity index (χ0n) is 8.76. The Labute approximate surface area is 94.6 Å². The van der Waals surface area contributed by atoms with Gasteiger partial charge < -0.3 is 5.32 Å². The van der Waals surface area contributed by atoms with Gasteiger partial charge in [0, 0.05) is 0 Å². The summed E-state index contributed by atoms with van der Waals surface area (Å²) < 4.78 is 13.3. The van der Waals surface area contributed by atoms with Crippen LogP contribution in [0.25, 0.3) is 0 Å². The van der Waals surface area contributed by atoms with Gasteiger partial charge in [-0.3, -0.25) is 0 Å². The number of hydrogen-bond donors (Lipinski definition) is 1. The minimum absolute atomic E-state index is 0.209. The Balaban J connectivity index is 2.24. The van der Waals surface area contributed by atoms with Gasteiger partial charge in [-0.25, -0.2) is 4.39 Å². The highest BCUT2D eigenvalue weighted by Crippen LogP contribution is 2.31. The molecule has 82 valence electrons. The summed E-state index contributed by atoms with van der Waals surface area (Å²) in [7, 11) is 0. The molecule has 1 aliphatic heterocycles. The van der Waals surface area contributed by atoms with E-state index in [0.717, 1.165) is 25.1 Å². The Kier molecular flexibility index (Phi) is 3.27. The van der Waals surface area contributed by atoms with Crippen molar-refractivity contribution in [1.29, 1.82) is 0 Å². The van der Waals surface area contributed by atoms with Gasteiger partial charge in [0.15, 0.2) is 0 Å². The lowest BCUT2D eigenvalue weighted by Gasteiger charge is -2.29. The second-order valence-electron chi connectivity index (χ2n) is 4.25. The van der Waals surface area contributed by atoms with Gasteiger partial charge in [-0.05, 0) is 49.0 Å². The molecule has 2 unspecified atom stereocenters. The van der Waals surface area contributed by atoms with Crippen LogP contribution >= 0.6 is 11.6 Å². The summed E-state index contributed by atoms with van der Waals surface area (Å²) in [5.74, 6) is 0.706. The Morgan fingerprint density at radius 3 is 2.93 bits per heavy atom. The molecule has 15 heavy (non-hydrogen) atoms. The van der Waals surface area contributed by atoms with Crippen molar-refractivity contribution in [2.24, 2.45) is 5.92 Å². The van der Waals surface area contributed by atoms with Crippen LogP contribution in [-0.4, -0.2) is 13.1 Å². The minimum Gasteiger partial charge on any atom is -0.316 e. The average Bonchev–Trinajstić information content (AvgIpc) is 2.23. The zero-order chi connectivity index (χ0) is 10.8. The molecule has 1 nitrogen and oxygen atoms in total. The summed E-state index contributed by atoms with van der Waals surface area (Å²) in [6.45, 7) is 4.22. The van der Waals surface area contributed by atoms with E-state index in [4.69, 9.17) is 11.6 Å². The molecule has 0 amide bonds. The molecular weight excluding hydrogens is 213 g/mol. The Morgan fingerprint density at radius 2 is 2.27 bits per heavy atom. The largest absolute Gasteiger partial charge is 0.316 e. The topological polar surface area (TPSA) is 12.0 Å². The van der Waals surface area contributed by atoms with E-state index in [0.29, 0.717) is 11.8 Å². The summed E-state index contributed by atoms with van der Waals surface area (Å²) in [5.41, 5.74) is 1.07. The van der Waals surface area contributed by atoms with Gasteiger partial charge in [0.05, 0.1) is 5.02 Å². The molecule has 1 aromatic carbocycles. The molecule has 1 N–H and O–H groups in total. The van der Waals surface area contributed by atoms with Gasteiger partial charge in [-0.1, -0.05) is 24.6 Å². The molecule has 2 rings (SSSR count). The second kappa shape index (κ2) is 4.50. The van der Waals surface area contributed by atoms with Gasteiger partial charge in [0.25, 0.3) is 0 Å². The van der Waals surface area contributed by atoms with Gasteiger partial charge in [0.1, 0.15) is 5.82 Å². The molecule has 0 saturated carbocycles. The number of halogens is 2. The first-order chi connectivity index (χ1) is 7.18. The van der Waals surface area contributed by atoms with Crippen molar-refractivity contribution in [3.63, 3.8) is 0 Å². The quantitative estimate of drug-likeness (QED) is 0.777. The van der Waals surface area contributed by atoms with Gasteiger partial charge in [0.2, 0.25) is 0 Å². The van der Waals surface area contributed by atoms with Crippen LogP contribution < -0.4 is 5.32 Å². The SMILES string of the molecule is CC1CNCCC1c1ccc(Cl)c(F)c1. The maximum atomic E-state index is 13.3. The van der Waals surface area contributed by atoms with Crippen molar-refractivity contribution in [3.05, 3.63) is 34.6 Å². The lowest BCUT2D eigenvalue weighted by atomic mass is 9.82. The van der Waals surface area contributed by atoms with Crippen LogP contribution in [0.2, 0.25) is 5.02 Å². The predicted octanol–water partition coefficient (Wildman–Crippen LogP) is 3.19. The molecule has 1 aliphatic rings. The van der Waals surface area contributed by atoms with Crippen LogP contribution in [0.3, 0.4) is 0 Å². The first-order valence-electron chi connectivity index (χ1n) is 5.34. The van der Waals surface area contributed by atoms with Gasteiger partial charge >= 0.3 is 0 Å². The first kappa shape index (κ1) is 10.9. The summed E-state index contributed by atoms with van der Waals surface area (Å²) >= 11 is 5.67. The maximum absolute atomic E-state index is 13.3. The van der Waals surface area contributed by atoms with E-state index in [9.17, 15) is 4.39 Å². The van der Waals surface area contributed by atoms with Crippen molar-refractivity contribution in [2.45, 2.75) is 19.3 Å². The molecule has 0 spiro atoms. The molecule has 0 radical (unpaired) electrons. The number of benzene rings is 1. The molecule has 0 aliphatic carbocycles. The maximum Gasteiger partial charge on any atom is 0.142 e. The van der Waals surface area contributed by atoms with E-state index in [1.165, 1.54) is 0 Å². The van der Waals surface area contributed by atoms with E-state index in [-0.39, 0.29) is 10.8 Å². The van der Waals surface area contributed by atoms with Gasteiger partial charge in [-0.15, -0.1) is 0 Å².